The van der Waals surface area contributed by atoms with Gasteiger partial charge >= 0.3 is 8.56 Å². The highest BCUT2D eigenvalue weighted by atomic mass is 28.4. The van der Waals surface area contributed by atoms with Gasteiger partial charge in [0, 0.05) is 18.3 Å². The van der Waals surface area contributed by atoms with Gasteiger partial charge in [-0.2, -0.15) is 0 Å². The molecule has 1 saturated carbocycles. The zero-order valence-electron chi connectivity index (χ0n) is 8.79. The van der Waals surface area contributed by atoms with Crippen molar-refractivity contribution in [1.29, 1.82) is 0 Å². The number of fused-ring (bicyclic) bond motifs is 2. The summed E-state index contributed by atoms with van der Waals surface area (Å²) >= 11 is 0. The SMILES string of the molecule is C[Si]1(C23C=CC(CC2)C3)OCCCO1. The summed E-state index contributed by atoms with van der Waals surface area (Å²) in [6.07, 6.45) is 9.84. The van der Waals surface area contributed by atoms with Crippen molar-refractivity contribution in [3.8, 4) is 0 Å². The summed E-state index contributed by atoms with van der Waals surface area (Å²) in [5.41, 5.74) is 0. The Morgan fingerprint density at radius 3 is 2.64 bits per heavy atom. The molecule has 0 aromatic heterocycles. The zero-order valence-corrected chi connectivity index (χ0v) is 9.79. The molecule has 1 aliphatic heterocycles. The molecular weight excluding hydrogens is 192 g/mol. The van der Waals surface area contributed by atoms with Crippen LogP contribution in [0.15, 0.2) is 12.2 Å². The Hall–Kier alpha value is -0.123. The van der Waals surface area contributed by atoms with E-state index < -0.39 is 8.56 Å². The molecule has 1 heterocycles. The van der Waals surface area contributed by atoms with Crippen LogP contribution in [-0.2, 0) is 8.85 Å². The van der Waals surface area contributed by atoms with Gasteiger partial charge in [0.05, 0.1) is 0 Å². The van der Waals surface area contributed by atoms with Gasteiger partial charge in [-0.15, -0.1) is 0 Å². The standard InChI is InChI=1S/C11H18O2Si/c1-14(12-7-2-8-13-14)11-5-3-10(9-11)4-6-11/h3,5,10H,2,4,6-9H2,1H3. The lowest BCUT2D eigenvalue weighted by Gasteiger charge is -2.42. The molecule has 0 aromatic carbocycles. The van der Waals surface area contributed by atoms with E-state index in [1.54, 1.807) is 0 Å². The Labute approximate surface area is 86.5 Å². The third-order valence-corrected chi connectivity index (χ3v) is 8.16. The molecule has 0 radical (unpaired) electrons. The number of hydrogen-bond acceptors (Lipinski definition) is 2. The predicted octanol–water partition coefficient (Wildman–Crippen LogP) is 2.61. The van der Waals surface area contributed by atoms with Crippen molar-refractivity contribution in [2.24, 2.45) is 5.92 Å². The first-order valence-corrected chi connectivity index (χ1v) is 8.03. The molecule has 2 nitrogen and oxygen atoms in total. The molecule has 0 spiro atoms. The van der Waals surface area contributed by atoms with Gasteiger partial charge in [0.2, 0.25) is 0 Å². The monoisotopic (exact) mass is 210 g/mol. The van der Waals surface area contributed by atoms with Crippen LogP contribution in [-0.4, -0.2) is 21.8 Å². The van der Waals surface area contributed by atoms with Crippen LogP contribution in [0.5, 0.6) is 0 Å². The van der Waals surface area contributed by atoms with Gasteiger partial charge in [0.1, 0.15) is 0 Å². The Morgan fingerprint density at radius 1 is 1.36 bits per heavy atom. The molecule has 3 aliphatic rings. The van der Waals surface area contributed by atoms with Gasteiger partial charge < -0.3 is 8.85 Å². The quantitative estimate of drug-likeness (QED) is 0.489. The molecule has 0 amide bonds. The van der Waals surface area contributed by atoms with E-state index in [0.29, 0.717) is 5.04 Å². The summed E-state index contributed by atoms with van der Waals surface area (Å²) in [6, 6.07) is 0. The number of allylic oxidation sites excluding steroid dienone is 2. The Balaban J connectivity index is 1.89. The molecule has 2 fully saturated rings. The molecule has 14 heavy (non-hydrogen) atoms. The third kappa shape index (κ3) is 1.09. The van der Waals surface area contributed by atoms with Crippen molar-refractivity contribution in [1.82, 2.24) is 0 Å². The van der Waals surface area contributed by atoms with Crippen LogP contribution < -0.4 is 0 Å². The van der Waals surface area contributed by atoms with Crippen LogP contribution in [0.2, 0.25) is 11.6 Å². The van der Waals surface area contributed by atoms with Gasteiger partial charge in [-0.1, -0.05) is 12.2 Å². The lowest BCUT2D eigenvalue weighted by Crippen LogP contribution is -2.52. The molecule has 0 aromatic rings. The van der Waals surface area contributed by atoms with Crippen LogP contribution in [0, 0.1) is 5.92 Å². The molecule has 78 valence electrons. The molecule has 2 aliphatic carbocycles. The third-order valence-electron chi connectivity index (χ3n) is 4.22. The Bertz CT molecular complexity index is 270. The van der Waals surface area contributed by atoms with Gasteiger partial charge in [-0.05, 0) is 38.1 Å². The van der Waals surface area contributed by atoms with Crippen molar-refractivity contribution in [2.75, 3.05) is 13.2 Å². The highest BCUT2D eigenvalue weighted by Crippen LogP contribution is 2.61. The van der Waals surface area contributed by atoms with E-state index in [0.717, 1.165) is 25.6 Å². The number of rotatable bonds is 1. The summed E-state index contributed by atoms with van der Waals surface area (Å²) in [7, 11) is -1.90. The highest BCUT2D eigenvalue weighted by Gasteiger charge is 2.58. The van der Waals surface area contributed by atoms with Crippen LogP contribution in [0.3, 0.4) is 0 Å². The van der Waals surface area contributed by atoms with E-state index in [2.05, 4.69) is 18.7 Å². The second kappa shape index (κ2) is 2.94. The van der Waals surface area contributed by atoms with Crippen molar-refractivity contribution in [2.45, 2.75) is 37.3 Å². The molecule has 0 N–H and O–H groups in total. The molecular formula is C11H18O2Si. The van der Waals surface area contributed by atoms with Crippen LogP contribution in [0.4, 0.5) is 0 Å². The normalized spacial score (nSPS) is 44.5. The molecule has 1 saturated heterocycles. The Morgan fingerprint density at radius 2 is 2.14 bits per heavy atom. The first kappa shape index (κ1) is 9.13. The van der Waals surface area contributed by atoms with Crippen molar-refractivity contribution in [3.05, 3.63) is 12.2 Å². The van der Waals surface area contributed by atoms with Gasteiger partial charge in [-0.25, -0.2) is 0 Å². The summed E-state index contributed by atoms with van der Waals surface area (Å²) in [6.45, 7) is 4.11. The lowest BCUT2D eigenvalue weighted by atomic mass is 10.1. The van der Waals surface area contributed by atoms with Crippen molar-refractivity contribution in [3.63, 3.8) is 0 Å². The topological polar surface area (TPSA) is 18.5 Å². The number of hydrogen-bond donors (Lipinski definition) is 0. The van der Waals surface area contributed by atoms with Crippen LogP contribution >= 0.6 is 0 Å². The van der Waals surface area contributed by atoms with E-state index >= 15 is 0 Å². The molecule has 3 heteroatoms. The minimum Gasteiger partial charge on any atom is -0.394 e. The first-order chi connectivity index (χ1) is 6.74. The van der Waals surface area contributed by atoms with E-state index in [4.69, 9.17) is 8.85 Å². The summed E-state index contributed by atoms with van der Waals surface area (Å²) in [4.78, 5) is 0. The Kier molecular flexibility index (Phi) is 1.91. The maximum atomic E-state index is 6.04. The maximum absolute atomic E-state index is 6.04. The fourth-order valence-electron chi connectivity index (χ4n) is 3.24. The largest absolute Gasteiger partial charge is 0.394 e. The average molecular weight is 210 g/mol. The molecule has 2 bridgehead atoms. The minimum absolute atomic E-state index is 0.331. The van der Waals surface area contributed by atoms with E-state index in [1.807, 2.05) is 0 Å². The summed E-state index contributed by atoms with van der Waals surface area (Å²) in [5, 5.41) is 0.331. The van der Waals surface area contributed by atoms with Crippen LogP contribution in [0.25, 0.3) is 0 Å². The predicted molar refractivity (Wildman–Crippen MR) is 57.3 cm³/mol. The van der Waals surface area contributed by atoms with E-state index in [9.17, 15) is 0 Å². The van der Waals surface area contributed by atoms with Gasteiger partial charge in [0.15, 0.2) is 0 Å². The molecule has 2 atom stereocenters. The smallest absolute Gasteiger partial charge is 0.345 e. The maximum Gasteiger partial charge on any atom is 0.345 e. The summed E-state index contributed by atoms with van der Waals surface area (Å²) < 4.78 is 12.1. The lowest BCUT2D eigenvalue weighted by molar-refractivity contribution is 0.0974. The van der Waals surface area contributed by atoms with E-state index in [-0.39, 0.29) is 0 Å². The molecule has 3 rings (SSSR count). The van der Waals surface area contributed by atoms with Crippen molar-refractivity contribution < 1.29 is 8.85 Å². The second-order valence-corrected chi connectivity index (χ2v) is 8.48. The fourth-order valence-corrected chi connectivity index (χ4v) is 6.59. The highest BCUT2D eigenvalue weighted by molar-refractivity contribution is 6.70. The van der Waals surface area contributed by atoms with Crippen molar-refractivity contribution >= 4 is 8.56 Å². The molecule has 2 unspecified atom stereocenters. The van der Waals surface area contributed by atoms with E-state index in [1.165, 1.54) is 19.3 Å². The fraction of sp³-hybridized carbons (Fsp3) is 0.818. The zero-order chi connectivity index (χ0) is 9.65. The minimum atomic E-state index is -1.90. The van der Waals surface area contributed by atoms with Gasteiger partial charge in [0.25, 0.3) is 0 Å². The van der Waals surface area contributed by atoms with Crippen LogP contribution in [0.1, 0.15) is 25.7 Å². The second-order valence-electron chi connectivity index (χ2n) is 5.01. The summed E-state index contributed by atoms with van der Waals surface area (Å²) in [5.74, 6) is 0.827. The van der Waals surface area contributed by atoms with Gasteiger partial charge in [-0.3, -0.25) is 0 Å². The first-order valence-electron chi connectivity index (χ1n) is 5.71. The average Bonchev–Trinajstić information content (AvgIpc) is 2.80.